The SMILES string of the molecule is COc1cccc2c(C)nc(/C=C/c3cccnc3)nc12. The smallest absolute Gasteiger partial charge is 0.152 e. The molecule has 0 saturated carbocycles. The molecule has 3 rings (SSSR count). The first-order chi connectivity index (χ1) is 10.3. The van der Waals surface area contributed by atoms with Crippen LogP contribution in [0.25, 0.3) is 23.1 Å². The topological polar surface area (TPSA) is 47.9 Å². The standard InChI is InChI=1S/C17H15N3O/c1-12-14-6-3-7-15(21-2)17(14)20-16(19-12)9-8-13-5-4-10-18-11-13/h3-11H,1-2H3/b9-8+. The summed E-state index contributed by atoms with van der Waals surface area (Å²) < 4.78 is 5.38. The molecule has 0 fully saturated rings. The summed E-state index contributed by atoms with van der Waals surface area (Å²) in [5.74, 6) is 1.42. The van der Waals surface area contributed by atoms with Gasteiger partial charge in [0, 0.05) is 23.5 Å². The molecule has 0 aliphatic rings. The third-order valence-corrected chi connectivity index (χ3v) is 3.23. The Kier molecular flexibility index (Phi) is 3.60. The minimum absolute atomic E-state index is 0.661. The molecule has 0 saturated heterocycles. The van der Waals surface area contributed by atoms with Crippen LogP contribution in [-0.4, -0.2) is 22.1 Å². The fraction of sp³-hybridized carbons (Fsp3) is 0.118. The Bertz CT molecular complexity index is 798. The zero-order chi connectivity index (χ0) is 14.7. The molecule has 0 amide bonds. The molecule has 4 heteroatoms. The molecule has 104 valence electrons. The second kappa shape index (κ2) is 5.71. The highest BCUT2D eigenvalue weighted by Gasteiger charge is 2.07. The van der Waals surface area contributed by atoms with E-state index in [-0.39, 0.29) is 0 Å². The molecule has 0 spiro atoms. The molecule has 0 radical (unpaired) electrons. The second-order valence-corrected chi connectivity index (χ2v) is 4.64. The minimum Gasteiger partial charge on any atom is -0.494 e. The van der Waals surface area contributed by atoms with Gasteiger partial charge in [0.05, 0.1) is 7.11 Å². The molecule has 3 aromatic rings. The number of nitrogens with zero attached hydrogens (tertiary/aromatic N) is 3. The fourth-order valence-electron chi connectivity index (χ4n) is 2.19. The Balaban J connectivity index is 2.06. The Morgan fingerprint density at radius 3 is 2.71 bits per heavy atom. The van der Waals surface area contributed by atoms with Gasteiger partial charge in [-0.2, -0.15) is 0 Å². The summed E-state index contributed by atoms with van der Waals surface area (Å²) in [4.78, 5) is 13.2. The van der Waals surface area contributed by atoms with Crippen LogP contribution in [0.2, 0.25) is 0 Å². The Hall–Kier alpha value is -2.75. The number of rotatable bonds is 3. The predicted molar refractivity (Wildman–Crippen MR) is 84.0 cm³/mol. The highest BCUT2D eigenvalue weighted by molar-refractivity contribution is 5.87. The van der Waals surface area contributed by atoms with Crippen LogP contribution in [0.3, 0.4) is 0 Å². The average molecular weight is 277 g/mol. The first-order valence-corrected chi connectivity index (χ1v) is 6.67. The summed E-state index contributed by atoms with van der Waals surface area (Å²) >= 11 is 0. The van der Waals surface area contributed by atoms with E-state index in [1.54, 1.807) is 19.5 Å². The van der Waals surface area contributed by atoms with Crippen molar-refractivity contribution in [3.05, 3.63) is 59.8 Å². The van der Waals surface area contributed by atoms with E-state index < -0.39 is 0 Å². The molecule has 0 N–H and O–H groups in total. The molecule has 0 aliphatic carbocycles. The first-order valence-electron chi connectivity index (χ1n) is 6.67. The summed E-state index contributed by atoms with van der Waals surface area (Å²) in [6, 6.07) is 9.74. The molecule has 1 aromatic carbocycles. The minimum atomic E-state index is 0.661. The van der Waals surface area contributed by atoms with Crippen molar-refractivity contribution in [2.45, 2.75) is 6.92 Å². The third-order valence-electron chi connectivity index (χ3n) is 3.23. The predicted octanol–water partition coefficient (Wildman–Crippen LogP) is 3.51. The van der Waals surface area contributed by atoms with Gasteiger partial charge >= 0.3 is 0 Å². The first kappa shape index (κ1) is 13.2. The maximum atomic E-state index is 5.38. The molecule has 0 aliphatic heterocycles. The van der Waals surface area contributed by atoms with E-state index in [1.807, 2.05) is 49.4 Å². The van der Waals surface area contributed by atoms with Crippen molar-refractivity contribution in [2.75, 3.05) is 7.11 Å². The summed E-state index contributed by atoms with van der Waals surface area (Å²) in [5.41, 5.74) is 2.78. The number of benzene rings is 1. The van der Waals surface area contributed by atoms with Crippen molar-refractivity contribution in [2.24, 2.45) is 0 Å². The van der Waals surface area contributed by atoms with E-state index in [1.165, 1.54) is 0 Å². The van der Waals surface area contributed by atoms with Gasteiger partial charge in [-0.25, -0.2) is 9.97 Å². The van der Waals surface area contributed by atoms with Crippen LogP contribution in [0.1, 0.15) is 17.1 Å². The van der Waals surface area contributed by atoms with Crippen LogP contribution in [0, 0.1) is 6.92 Å². The van der Waals surface area contributed by atoms with Crippen molar-refractivity contribution in [1.82, 2.24) is 15.0 Å². The molecule has 0 bridgehead atoms. The van der Waals surface area contributed by atoms with Crippen LogP contribution in [0.4, 0.5) is 0 Å². The van der Waals surface area contributed by atoms with Crippen LogP contribution >= 0.6 is 0 Å². The van der Waals surface area contributed by atoms with Gasteiger partial charge in [-0.3, -0.25) is 4.98 Å². The quantitative estimate of drug-likeness (QED) is 0.735. The normalized spacial score (nSPS) is 11.1. The molecular weight excluding hydrogens is 262 g/mol. The largest absolute Gasteiger partial charge is 0.494 e. The van der Waals surface area contributed by atoms with Gasteiger partial charge in [0.15, 0.2) is 5.82 Å². The van der Waals surface area contributed by atoms with Gasteiger partial charge in [0.25, 0.3) is 0 Å². The molecule has 2 heterocycles. The maximum Gasteiger partial charge on any atom is 0.152 e. The number of ether oxygens (including phenoxy) is 1. The second-order valence-electron chi connectivity index (χ2n) is 4.64. The summed E-state index contributed by atoms with van der Waals surface area (Å²) in [6.45, 7) is 1.98. The van der Waals surface area contributed by atoms with Gasteiger partial charge in [0.1, 0.15) is 11.3 Å². The lowest BCUT2D eigenvalue weighted by atomic mass is 10.2. The zero-order valence-electron chi connectivity index (χ0n) is 11.9. The molecular formula is C17H15N3O. The lowest BCUT2D eigenvalue weighted by molar-refractivity contribution is 0.419. The molecule has 0 atom stereocenters. The van der Waals surface area contributed by atoms with E-state index in [2.05, 4.69) is 15.0 Å². The van der Waals surface area contributed by atoms with Crippen LogP contribution in [-0.2, 0) is 0 Å². The Morgan fingerprint density at radius 2 is 1.95 bits per heavy atom. The number of hydrogen-bond donors (Lipinski definition) is 0. The summed E-state index contributed by atoms with van der Waals surface area (Å²) in [7, 11) is 1.65. The highest BCUT2D eigenvalue weighted by atomic mass is 16.5. The molecule has 2 aromatic heterocycles. The van der Waals surface area contributed by atoms with Gasteiger partial charge in [0.2, 0.25) is 0 Å². The van der Waals surface area contributed by atoms with E-state index in [4.69, 9.17) is 4.74 Å². The maximum absolute atomic E-state index is 5.38. The van der Waals surface area contributed by atoms with Crippen molar-refractivity contribution in [3.63, 3.8) is 0 Å². The summed E-state index contributed by atoms with van der Waals surface area (Å²) in [5, 5.41) is 1.01. The number of para-hydroxylation sites is 1. The van der Waals surface area contributed by atoms with Gasteiger partial charge in [-0.05, 0) is 36.8 Å². The highest BCUT2D eigenvalue weighted by Crippen LogP contribution is 2.25. The number of aromatic nitrogens is 3. The number of methoxy groups -OCH3 is 1. The van der Waals surface area contributed by atoms with E-state index >= 15 is 0 Å². The number of aryl methyl sites for hydroxylation is 1. The van der Waals surface area contributed by atoms with Gasteiger partial charge in [-0.15, -0.1) is 0 Å². The molecule has 0 unspecified atom stereocenters. The number of fused-ring (bicyclic) bond motifs is 1. The Morgan fingerprint density at radius 1 is 1.05 bits per heavy atom. The lowest BCUT2D eigenvalue weighted by Crippen LogP contribution is -1.95. The van der Waals surface area contributed by atoms with E-state index in [0.717, 1.165) is 27.9 Å². The van der Waals surface area contributed by atoms with E-state index in [0.29, 0.717) is 5.82 Å². The van der Waals surface area contributed by atoms with Crippen molar-refractivity contribution in [3.8, 4) is 5.75 Å². The van der Waals surface area contributed by atoms with Gasteiger partial charge < -0.3 is 4.74 Å². The monoisotopic (exact) mass is 277 g/mol. The van der Waals surface area contributed by atoms with Crippen LogP contribution < -0.4 is 4.74 Å². The van der Waals surface area contributed by atoms with Gasteiger partial charge in [-0.1, -0.05) is 18.2 Å². The van der Waals surface area contributed by atoms with Crippen molar-refractivity contribution >= 4 is 23.1 Å². The molecule has 21 heavy (non-hydrogen) atoms. The lowest BCUT2D eigenvalue weighted by Gasteiger charge is -2.07. The van der Waals surface area contributed by atoms with Crippen molar-refractivity contribution < 1.29 is 4.74 Å². The molecule has 4 nitrogen and oxygen atoms in total. The van der Waals surface area contributed by atoms with Crippen LogP contribution in [0.15, 0.2) is 42.7 Å². The zero-order valence-corrected chi connectivity index (χ0v) is 11.9. The van der Waals surface area contributed by atoms with Crippen LogP contribution in [0.5, 0.6) is 5.75 Å². The number of pyridine rings is 1. The average Bonchev–Trinajstić information content (AvgIpc) is 2.53. The third kappa shape index (κ3) is 2.74. The summed E-state index contributed by atoms with van der Waals surface area (Å²) in [6.07, 6.45) is 7.38. The number of hydrogen-bond acceptors (Lipinski definition) is 4. The van der Waals surface area contributed by atoms with E-state index in [9.17, 15) is 0 Å². The van der Waals surface area contributed by atoms with Crippen molar-refractivity contribution in [1.29, 1.82) is 0 Å². The fourth-order valence-corrected chi connectivity index (χ4v) is 2.19. The Labute approximate surface area is 123 Å².